The highest BCUT2D eigenvalue weighted by Gasteiger charge is 2.24. The van der Waals surface area contributed by atoms with E-state index in [4.69, 9.17) is 4.42 Å². The Kier molecular flexibility index (Phi) is 4.84. The van der Waals surface area contributed by atoms with Crippen LogP contribution in [-0.2, 0) is 13.1 Å². The molecule has 0 aliphatic carbocycles. The topological polar surface area (TPSA) is 28.4 Å². The van der Waals surface area contributed by atoms with Crippen LogP contribution in [0.5, 0.6) is 0 Å². The number of nitrogens with zero attached hydrogens (tertiary/aromatic N) is 1. The Morgan fingerprint density at radius 1 is 1.50 bits per heavy atom. The number of furan rings is 1. The highest BCUT2D eigenvalue weighted by atomic mass is 16.3. The third-order valence-corrected chi connectivity index (χ3v) is 3.86. The van der Waals surface area contributed by atoms with Gasteiger partial charge in [-0.3, -0.25) is 4.90 Å². The number of hydrogen-bond acceptors (Lipinski definition) is 3. The molecule has 1 saturated heterocycles. The minimum Gasteiger partial charge on any atom is -0.468 e. The molecule has 0 bridgehead atoms. The van der Waals surface area contributed by atoms with Crippen molar-refractivity contribution >= 4 is 0 Å². The van der Waals surface area contributed by atoms with Crippen LogP contribution in [-0.4, -0.2) is 23.5 Å². The molecule has 1 aliphatic heterocycles. The fraction of sp³-hybridized carbons (Fsp3) is 0.733. The Balaban J connectivity index is 1.94. The molecule has 0 saturated carbocycles. The van der Waals surface area contributed by atoms with E-state index in [0.29, 0.717) is 6.04 Å². The van der Waals surface area contributed by atoms with E-state index >= 15 is 0 Å². The van der Waals surface area contributed by atoms with E-state index in [1.165, 1.54) is 31.4 Å². The maximum absolute atomic E-state index is 5.67. The maximum Gasteiger partial charge on any atom is 0.122 e. The predicted octanol–water partition coefficient (Wildman–Crippen LogP) is 3.15. The van der Waals surface area contributed by atoms with Crippen LogP contribution in [0.3, 0.4) is 0 Å². The first-order valence-corrected chi connectivity index (χ1v) is 7.23. The van der Waals surface area contributed by atoms with Crippen molar-refractivity contribution in [2.45, 2.75) is 65.2 Å². The molecular weight excluding hydrogens is 224 g/mol. The second kappa shape index (κ2) is 6.39. The van der Waals surface area contributed by atoms with Crippen molar-refractivity contribution in [3.05, 3.63) is 23.7 Å². The summed E-state index contributed by atoms with van der Waals surface area (Å²) in [6, 6.07) is 3.37. The second-order valence-corrected chi connectivity index (χ2v) is 5.58. The highest BCUT2D eigenvalue weighted by molar-refractivity contribution is 5.17. The summed E-state index contributed by atoms with van der Waals surface area (Å²) < 4.78 is 5.67. The fourth-order valence-corrected chi connectivity index (χ4v) is 2.73. The average Bonchev–Trinajstić information content (AvgIpc) is 2.96. The minimum atomic E-state index is 0.517. The van der Waals surface area contributed by atoms with Crippen LogP contribution < -0.4 is 5.32 Å². The zero-order valence-corrected chi connectivity index (χ0v) is 11.9. The van der Waals surface area contributed by atoms with Gasteiger partial charge in [-0.15, -0.1) is 0 Å². The lowest BCUT2D eigenvalue weighted by Gasteiger charge is -2.22. The largest absolute Gasteiger partial charge is 0.468 e. The Morgan fingerprint density at radius 2 is 2.33 bits per heavy atom. The minimum absolute atomic E-state index is 0.517. The molecule has 1 fully saturated rings. The number of hydrogen-bond donors (Lipinski definition) is 1. The van der Waals surface area contributed by atoms with Crippen LogP contribution in [0.4, 0.5) is 0 Å². The van der Waals surface area contributed by atoms with Gasteiger partial charge in [-0.1, -0.05) is 20.8 Å². The molecule has 1 atom stereocenters. The fourth-order valence-electron chi connectivity index (χ4n) is 2.73. The third kappa shape index (κ3) is 3.36. The summed E-state index contributed by atoms with van der Waals surface area (Å²) in [4.78, 5) is 2.57. The summed E-state index contributed by atoms with van der Waals surface area (Å²) in [7, 11) is 0. The zero-order chi connectivity index (χ0) is 13.0. The third-order valence-electron chi connectivity index (χ3n) is 3.86. The standard InChI is InChI=1S/C15H26N2O/c1-4-14-6-5-8-17(14)11-15-13(7-9-18-15)10-16-12(2)3/h7,9,12,14,16H,4-6,8,10-11H2,1-3H3. The summed E-state index contributed by atoms with van der Waals surface area (Å²) in [5.41, 5.74) is 1.31. The van der Waals surface area contributed by atoms with Gasteiger partial charge in [-0.2, -0.15) is 0 Å². The number of likely N-dealkylation sites (tertiary alicyclic amines) is 1. The lowest BCUT2D eigenvalue weighted by molar-refractivity contribution is 0.220. The van der Waals surface area contributed by atoms with Crippen molar-refractivity contribution in [1.29, 1.82) is 0 Å². The van der Waals surface area contributed by atoms with E-state index in [2.05, 4.69) is 37.1 Å². The average molecular weight is 250 g/mol. The molecule has 1 aromatic rings. The monoisotopic (exact) mass is 250 g/mol. The molecule has 1 N–H and O–H groups in total. The smallest absolute Gasteiger partial charge is 0.122 e. The van der Waals surface area contributed by atoms with Gasteiger partial charge in [0.25, 0.3) is 0 Å². The maximum atomic E-state index is 5.67. The van der Waals surface area contributed by atoms with Gasteiger partial charge in [0.05, 0.1) is 12.8 Å². The molecule has 102 valence electrons. The Labute approximate surface area is 111 Å². The van der Waals surface area contributed by atoms with Crippen molar-refractivity contribution < 1.29 is 4.42 Å². The van der Waals surface area contributed by atoms with Gasteiger partial charge in [0.1, 0.15) is 5.76 Å². The normalized spacial score (nSPS) is 21.0. The van der Waals surface area contributed by atoms with Gasteiger partial charge >= 0.3 is 0 Å². The van der Waals surface area contributed by atoms with Crippen LogP contribution in [0.1, 0.15) is 51.4 Å². The quantitative estimate of drug-likeness (QED) is 0.840. The van der Waals surface area contributed by atoms with E-state index in [0.717, 1.165) is 24.9 Å². The molecule has 0 amide bonds. The molecule has 2 rings (SSSR count). The summed E-state index contributed by atoms with van der Waals surface area (Å²) in [6.07, 6.45) is 5.75. The lowest BCUT2D eigenvalue weighted by atomic mass is 10.1. The molecule has 18 heavy (non-hydrogen) atoms. The Morgan fingerprint density at radius 3 is 3.06 bits per heavy atom. The summed E-state index contributed by atoms with van der Waals surface area (Å²) in [6.45, 7) is 9.73. The van der Waals surface area contributed by atoms with Crippen molar-refractivity contribution in [1.82, 2.24) is 10.2 Å². The molecule has 0 spiro atoms. The van der Waals surface area contributed by atoms with Gasteiger partial charge in [-0.05, 0) is 31.9 Å². The molecule has 3 heteroatoms. The molecule has 0 aromatic carbocycles. The van der Waals surface area contributed by atoms with Crippen LogP contribution in [0.2, 0.25) is 0 Å². The van der Waals surface area contributed by atoms with Gasteiger partial charge in [0.2, 0.25) is 0 Å². The van der Waals surface area contributed by atoms with Gasteiger partial charge in [-0.25, -0.2) is 0 Å². The molecule has 0 radical (unpaired) electrons. The number of rotatable bonds is 6. The molecule has 2 heterocycles. The van der Waals surface area contributed by atoms with E-state index in [-0.39, 0.29) is 0 Å². The molecule has 1 unspecified atom stereocenters. The van der Waals surface area contributed by atoms with Crippen molar-refractivity contribution in [3.8, 4) is 0 Å². The van der Waals surface area contributed by atoms with Crippen molar-refractivity contribution in [2.24, 2.45) is 0 Å². The summed E-state index contributed by atoms with van der Waals surface area (Å²) in [5.74, 6) is 1.14. The van der Waals surface area contributed by atoms with Gasteiger partial charge in [0, 0.05) is 24.2 Å². The highest BCUT2D eigenvalue weighted by Crippen LogP contribution is 2.23. The van der Waals surface area contributed by atoms with Crippen LogP contribution in [0.25, 0.3) is 0 Å². The van der Waals surface area contributed by atoms with E-state index < -0.39 is 0 Å². The van der Waals surface area contributed by atoms with E-state index in [1.54, 1.807) is 0 Å². The first kappa shape index (κ1) is 13.6. The first-order chi connectivity index (χ1) is 8.70. The SMILES string of the molecule is CCC1CCCN1Cc1occc1CNC(C)C. The van der Waals surface area contributed by atoms with E-state index in [1.807, 2.05) is 6.26 Å². The van der Waals surface area contributed by atoms with Crippen molar-refractivity contribution in [2.75, 3.05) is 6.54 Å². The Hall–Kier alpha value is -0.800. The zero-order valence-electron chi connectivity index (χ0n) is 11.9. The lowest BCUT2D eigenvalue weighted by Crippen LogP contribution is -2.29. The predicted molar refractivity (Wildman–Crippen MR) is 74.4 cm³/mol. The Bertz CT molecular complexity index is 359. The molecular formula is C15H26N2O. The van der Waals surface area contributed by atoms with Crippen LogP contribution in [0.15, 0.2) is 16.7 Å². The van der Waals surface area contributed by atoms with Gasteiger partial charge < -0.3 is 9.73 Å². The van der Waals surface area contributed by atoms with Crippen LogP contribution >= 0.6 is 0 Å². The number of nitrogens with one attached hydrogen (secondary N) is 1. The molecule has 1 aliphatic rings. The second-order valence-electron chi connectivity index (χ2n) is 5.58. The van der Waals surface area contributed by atoms with Crippen LogP contribution in [0, 0.1) is 0 Å². The first-order valence-electron chi connectivity index (χ1n) is 7.23. The van der Waals surface area contributed by atoms with Crippen molar-refractivity contribution in [3.63, 3.8) is 0 Å². The summed E-state index contributed by atoms with van der Waals surface area (Å²) in [5, 5.41) is 3.46. The van der Waals surface area contributed by atoms with E-state index in [9.17, 15) is 0 Å². The molecule has 3 nitrogen and oxygen atoms in total. The summed E-state index contributed by atoms with van der Waals surface area (Å²) >= 11 is 0. The molecule has 1 aromatic heterocycles. The van der Waals surface area contributed by atoms with Gasteiger partial charge in [0.15, 0.2) is 0 Å².